The molecular weight excluding hydrogens is 799 g/mol. The van der Waals surface area contributed by atoms with E-state index in [0.29, 0.717) is 0 Å². The maximum absolute atomic E-state index is 6.63. The number of ether oxygens (including phenoxy) is 1. The zero-order valence-electron chi connectivity index (χ0n) is 37.1. The average Bonchev–Trinajstić information content (AvgIpc) is 3.79. The van der Waals surface area contributed by atoms with E-state index in [4.69, 9.17) is 4.74 Å². The molecule has 2 heteroatoms. The van der Waals surface area contributed by atoms with Crippen LogP contribution in [-0.2, 0) is 10.8 Å². The van der Waals surface area contributed by atoms with Crippen molar-refractivity contribution in [1.29, 1.82) is 0 Å². The summed E-state index contributed by atoms with van der Waals surface area (Å²) in [7, 11) is 0. The summed E-state index contributed by atoms with van der Waals surface area (Å²) in [5.41, 5.74) is 22.0. The summed E-state index contributed by atoms with van der Waals surface area (Å²) in [5.74, 6) is 1.83. The number of hydrogen-bond donors (Lipinski definition) is 0. The van der Waals surface area contributed by atoms with Crippen LogP contribution in [0.5, 0.6) is 11.5 Å². The Bertz CT molecular complexity index is 3400. The third-order valence-electron chi connectivity index (χ3n) is 14.9. The van der Waals surface area contributed by atoms with E-state index >= 15 is 0 Å². The van der Waals surface area contributed by atoms with Crippen LogP contribution < -0.4 is 9.64 Å². The number of para-hydroxylation sites is 2. The normalized spacial score (nSPS) is 16.2. The highest BCUT2D eigenvalue weighted by Gasteiger charge is 2.51. The predicted molar refractivity (Wildman–Crippen MR) is 273 cm³/mol. The highest BCUT2D eigenvalue weighted by molar-refractivity contribution is 5.92. The van der Waals surface area contributed by atoms with E-state index < -0.39 is 5.41 Å². The molecule has 0 saturated heterocycles. The molecule has 3 aliphatic carbocycles. The fourth-order valence-electron chi connectivity index (χ4n) is 11.8. The number of fused-ring (bicyclic) bond motifs is 12. The summed E-state index contributed by atoms with van der Waals surface area (Å²) in [6.45, 7) is 4.82. The molecule has 4 aliphatic rings. The van der Waals surface area contributed by atoms with E-state index in [9.17, 15) is 0 Å². The largest absolute Gasteiger partial charge is 0.457 e. The summed E-state index contributed by atoms with van der Waals surface area (Å²) in [6, 6.07) is 78.5. The molecule has 314 valence electrons. The quantitative estimate of drug-likeness (QED) is 0.165. The molecule has 66 heavy (non-hydrogen) atoms. The molecule has 1 heterocycles. The van der Waals surface area contributed by atoms with Gasteiger partial charge in [-0.3, -0.25) is 0 Å². The van der Waals surface area contributed by atoms with Crippen LogP contribution in [0.25, 0.3) is 50.1 Å². The molecule has 13 rings (SSSR count). The molecule has 1 unspecified atom stereocenters. The van der Waals surface area contributed by atoms with E-state index in [1.807, 2.05) is 0 Å². The minimum absolute atomic E-state index is 0.133. The Hall–Kier alpha value is -7.94. The standard InChI is InChI=1S/C64H47NO/c1-63(2)58-39-46(47-31-36-54-51-22-9-10-23-55(51)64(60(54)40-47)56-24-11-13-26-61(56)66-62-27-14-12-25-57(62)64)30-35-52(58)53-37-34-50(41-59(53)63)65(48-32-28-44(29-33-48)42-16-5-3-6-17-42)49-21-15-20-45(38-49)43-18-7-4-8-19-43/h3-37,39-41,49H,38H2,1-2H3. The Labute approximate surface area is 387 Å². The SMILES string of the molecule is CC1(C)c2cc(-c3ccc4c(c3)C3(c5ccccc5Oc5ccccc53)c3ccccc3-4)ccc2-c2ccc(N(c3ccc(-c4ccccc4)cc3)C3C=CC=C(c4ccccc4)C3)cc21. The minimum Gasteiger partial charge on any atom is -0.457 e. The smallest absolute Gasteiger partial charge is 0.132 e. The molecule has 9 aromatic carbocycles. The second-order valence-corrected chi connectivity index (χ2v) is 18.8. The lowest BCUT2D eigenvalue weighted by Crippen LogP contribution is -2.32. The lowest BCUT2D eigenvalue weighted by atomic mass is 9.66. The molecule has 1 spiro atoms. The van der Waals surface area contributed by atoms with E-state index in [-0.39, 0.29) is 11.5 Å². The number of hydrogen-bond acceptors (Lipinski definition) is 2. The number of benzene rings is 9. The first-order chi connectivity index (χ1) is 32.5. The Morgan fingerprint density at radius 2 is 0.894 bits per heavy atom. The lowest BCUT2D eigenvalue weighted by molar-refractivity contribution is 0.436. The van der Waals surface area contributed by atoms with Crippen LogP contribution in [0.4, 0.5) is 11.4 Å². The van der Waals surface area contributed by atoms with Gasteiger partial charge in [0.2, 0.25) is 0 Å². The van der Waals surface area contributed by atoms with Crippen molar-refractivity contribution >= 4 is 16.9 Å². The molecule has 0 saturated carbocycles. The Kier molecular flexibility index (Phi) is 8.64. The van der Waals surface area contributed by atoms with Gasteiger partial charge in [-0.1, -0.05) is 196 Å². The van der Waals surface area contributed by atoms with Gasteiger partial charge in [-0.2, -0.15) is 0 Å². The highest BCUT2D eigenvalue weighted by atomic mass is 16.5. The molecule has 0 radical (unpaired) electrons. The van der Waals surface area contributed by atoms with Crippen LogP contribution in [0.3, 0.4) is 0 Å². The predicted octanol–water partition coefficient (Wildman–Crippen LogP) is 16.3. The maximum Gasteiger partial charge on any atom is 0.132 e. The molecule has 0 amide bonds. The van der Waals surface area contributed by atoms with Crippen molar-refractivity contribution in [2.45, 2.75) is 37.1 Å². The van der Waals surface area contributed by atoms with Crippen molar-refractivity contribution < 1.29 is 4.74 Å². The fourth-order valence-corrected chi connectivity index (χ4v) is 11.8. The molecule has 2 nitrogen and oxygen atoms in total. The minimum atomic E-state index is -0.505. The monoisotopic (exact) mass is 845 g/mol. The van der Waals surface area contributed by atoms with Gasteiger partial charge in [0.25, 0.3) is 0 Å². The molecule has 0 aromatic heterocycles. The second kappa shape index (κ2) is 14.8. The van der Waals surface area contributed by atoms with Crippen molar-refractivity contribution in [2.75, 3.05) is 4.90 Å². The molecule has 0 fully saturated rings. The molecule has 9 aromatic rings. The Balaban J connectivity index is 0.902. The third-order valence-corrected chi connectivity index (χ3v) is 14.9. The first kappa shape index (κ1) is 38.5. The third kappa shape index (κ3) is 5.74. The van der Waals surface area contributed by atoms with Crippen LogP contribution in [-0.4, -0.2) is 6.04 Å². The first-order valence-electron chi connectivity index (χ1n) is 23.3. The van der Waals surface area contributed by atoms with Crippen LogP contribution >= 0.6 is 0 Å². The van der Waals surface area contributed by atoms with E-state index in [0.717, 1.165) is 17.9 Å². The topological polar surface area (TPSA) is 12.5 Å². The second-order valence-electron chi connectivity index (χ2n) is 18.8. The lowest BCUT2D eigenvalue weighted by Gasteiger charge is -2.39. The average molecular weight is 846 g/mol. The molecule has 1 atom stereocenters. The number of rotatable bonds is 6. The van der Waals surface area contributed by atoms with Crippen LogP contribution in [0.15, 0.2) is 231 Å². The molecule has 1 aliphatic heterocycles. The van der Waals surface area contributed by atoms with Gasteiger partial charge < -0.3 is 9.64 Å². The van der Waals surface area contributed by atoms with Crippen LogP contribution in [0.2, 0.25) is 0 Å². The van der Waals surface area contributed by atoms with Gasteiger partial charge in [-0.15, -0.1) is 0 Å². The van der Waals surface area contributed by atoms with Crippen molar-refractivity contribution in [2.24, 2.45) is 0 Å². The van der Waals surface area contributed by atoms with Crippen LogP contribution in [0, 0.1) is 0 Å². The van der Waals surface area contributed by atoms with Crippen LogP contribution in [0.1, 0.15) is 59.2 Å². The van der Waals surface area contributed by atoms with Crippen molar-refractivity contribution in [3.63, 3.8) is 0 Å². The summed E-state index contributed by atoms with van der Waals surface area (Å²) in [5, 5.41) is 0. The van der Waals surface area contributed by atoms with Gasteiger partial charge >= 0.3 is 0 Å². The van der Waals surface area contributed by atoms with Gasteiger partial charge in [-0.05, 0) is 133 Å². The Morgan fingerprint density at radius 3 is 1.58 bits per heavy atom. The van der Waals surface area contributed by atoms with Gasteiger partial charge in [0.15, 0.2) is 0 Å². The highest BCUT2D eigenvalue weighted by Crippen LogP contribution is 2.62. The maximum atomic E-state index is 6.63. The van der Waals surface area contributed by atoms with Gasteiger partial charge in [-0.25, -0.2) is 0 Å². The zero-order valence-corrected chi connectivity index (χ0v) is 37.1. The van der Waals surface area contributed by atoms with Crippen molar-refractivity contribution in [3.05, 3.63) is 269 Å². The van der Waals surface area contributed by atoms with Crippen molar-refractivity contribution in [3.8, 4) is 56.0 Å². The van der Waals surface area contributed by atoms with Gasteiger partial charge in [0.1, 0.15) is 11.5 Å². The molecule has 0 bridgehead atoms. The summed E-state index contributed by atoms with van der Waals surface area (Å²) in [6.07, 6.45) is 7.80. The summed E-state index contributed by atoms with van der Waals surface area (Å²) >= 11 is 0. The Morgan fingerprint density at radius 1 is 0.409 bits per heavy atom. The summed E-state index contributed by atoms with van der Waals surface area (Å²) in [4.78, 5) is 2.55. The summed E-state index contributed by atoms with van der Waals surface area (Å²) < 4.78 is 6.63. The zero-order chi connectivity index (χ0) is 44.0. The fraction of sp³-hybridized carbons (Fsp3) is 0.0938. The van der Waals surface area contributed by atoms with Crippen molar-refractivity contribution in [1.82, 2.24) is 0 Å². The van der Waals surface area contributed by atoms with Gasteiger partial charge in [0.05, 0.1) is 11.5 Å². The van der Waals surface area contributed by atoms with Gasteiger partial charge in [0, 0.05) is 27.9 Å². The molecular formula is C64H47NO. The van der Waals surface area contributed by atoms with E-state index in [1.165, 1.54) is 100 Å². The molecule has 0 N–H and O–H groups in total. The van der Waals surface area contributed by atoms with E-state index in [1.54, 1.807) is 0 Å². The van der Waals surface area contributed by atoms with E-state index in [2.05, 4.69) is 249 Å². The first-order valence-corrected chi connectivity index (χ1v) is 23.3. The number of allylic oxidation sites excluding steroid dienone is 2. The number of anilines is 2. The number of nitrogens with zero attached hydrogens (tertiary/aromatic N) is 1.